The van der Waals surface area contributed by atoms with Gasteiger partial charge in [0.05, 0.1) is 18.1 Å². The Morgan fingerprint density at radius 2 is 1.74 bits per heavy atom. The molecule has 2 aromatic carbocycles. The van der Waals surface area contributed by atoms with E-state index in [4.69, 9.17) is 4.74 Å². The first kappa shape index (κ1) is 27.2. The summed E-state index contributed by atoms with van der Waals surface area (Å²) in [7, 11) is 0. The van der Waals surface area contributed by atoms with E-state index in [1.54, 1.807) is 24.5 Å². The minimum absolute atomic E-state index is 0.178. The van der Waals surface area contributed by atoms with Gasteiger partial charge in [-0.15, -0.1) is 0 Å². The molecule has 1 saturated carbocycles. The maximum Gasteiger partial charge on any atom is 0.270 e. The summed E-state index contributed by atoms with van der Waals surface area (Å²) in [5.41, 5.74) is 6.04. The first-order valence-electron chi connectivity index (χ1n) is 14.4. The Balaban J connectivity index is 1.22. The zero-order valence-corrected chi connectivity index (χ0v) is 23.5. The number of benzene rings is 2. The van der Waals surface area contributed by atoms with Gasteiger partial charge in [0.25, 0.3) is 11.8 Å². The number of carbonyl (C=O) groups is 2. The highest BCUT2D eigenvalue weighted by atomic mass is 16.5. The number of aromatic nitrogens is 2. The number of carbonyl (C=O) groups excluding carboxylic acids is 2. The lowest BCUT2D eigenvalue weighted by atomic mass is 9.90. The number of fused-ring (bicyclic) bond motifs is 1. The minimum atomic E-state index is -0.212. The summed E-state index contributed by atoms with van der Waals surface area (Å²) in [6.45, 7) is 2.64. The van der Waals surface area contributed by atoms with Crippen LogP contribution in [0, 0.1) is 0 Å². The summed E-state index contributed by atoms with van der Waals surface area (Å²) in [6, 6.07) is 21.1. The number of hydrogen-bond acceptors (Lipinski definition) is 6. The second-order valence-electron chi connectivity index (χ2n) is 10.6. The summed E-state index contributed by atoms with van der Waals surface area (Å²) in [6.07, 6.45) is 10.0. The normalized spacial score (nSPS) is 14.6. The van der Waals surface area contributed by atoms with E-state index in [0.717, 1.165) is 65.8 Å². The van der Waals surface area contributed by atoms with Crippen molar-refractivity contribution < 1.29 is 14.3 Å². The lowest BCUT2D eigenvalue weighted by Gasteiger charge is -2.25. The lowest BCUT2D eigenvalue weighted by Crippen LogP contribution is -2.33. The van der Waals surface area contributed by atoms with Gasteiger partial charge in [-0.1, -0.05) is 44.0 Å². The Morgan fingerprint density at radius 1 is 0.905 bits per heavy atom. The van der Waals surface area contributed by atoms with Crippen LogP contribution in [0.5, 0.6) is 11.5 Å². The second kappa shape index (κ2) is 12.3. The SMILES string of the molecule is CCC1=C(C(=O)Nc2ccc(C(=O)NC3CCCC3)nc2)c2cc(-c3cncc(Oc4ccccc4)c3)ccc2NC1. The number of para-hydroxylation sites is 1. The molecular formula is C34H33N5O3. The average molecular weight is 560 g/mol. The summed E-state index contributed by atoms with van der Waals surface area (Å²) in [5.74, 6) is 0.974. The van der Waals surface area contributed by atoms with Crippen molar-refractivity contribution in [1.29, 1.82) is 0 Å². The van der Waals surface area contributed by atoms with Gasteiger partial charge in [0.2, 0.25) is 0 Å². The molecule has 42 heavy (non-hydrogen) atoms. The van der Waals surface area contributed by atoms with Gasteiger partial charge in [0, 0.05) is 41.2 Å². The fraction of sp³-hybridized carbons (Fsp3) is 0.235. The Morgan fingerprint density at radius 3 is 2.50 bits per heavy atom. The molecule has 0 saturated heterocycles. The highest BCUT2D eigenvalue weighted by Gasteiger charge is 2.25. The van der Waals surface area contributed by atoms with Gasteiger partial charge in [-0.05, 0) is 72.9 Å². The molecule has 6 rings (SSSR count). The third kappa shape index (κ3) is 6.02. The smallest absolute Gasteiger partial charge is 0.270 e. The number of amides is 2. The highest BCUT2D eigenvalue weighted by Crippen LogP contribution is 2.37. The Kier molecular flexibility index (Phi) is 7.94. The van der Waals surface area contributed by atoms with Crippen molar-refractivity contribution in [2.24, 2.45) is 0 Å². The third-order valence-electron chi connectivity index (χ3n) is 7.76. The number of nitrogens with one attached hydrogen (secondary N) is 3. The van der Waals surface area contributed by atoms with E-state index in [2.05, 4.69) is 25.9 Å². The molecular weight excluding hydrogens is 526 g/mol. The van der Waals surface area contributed by atoms with E-state index in [9.17, 15) is 9.59 Å². The molecule has 0 spiro atoms. The van der Waals surface area contributed by atoms with Gasteiger partial charge >= 0.3 is 0 Å². The number of nitrogens with zero attached hydrogens (tertiary/aromatic N) is 2. The van der Waals surface area contributed by atoms with Crippen molar-refractivity contribution in [3.05, 3.63) is 102 Å². The Labute approximate surface area is 245 Å². The highest BCUT2D eigenvalue weighted by molar-refractivity contribution is 6.28. The van der Waals surface area contributed by atoms with Crippen molar-refractivity contribution in [1.82, 2.24) is 15.3 Å². The molecule has 2 amide bonds. The average Bonchev–Trinajstić information content (AvgIpc) is 3.54. The maximum atomic E-state index is 13.7. The molecule has 2 aromatic heterocycles. The predicted octanol–water partition coefficient (Wildman–Crippen LogP) is 6.84. The van der Waals surface area contributed by atoms with Gasteiger partial charge in [-0.2, -0.15) is 0 Å². The molecule has 2 aliphatic rings. The summed E-state index contributed by atoms with van der Waals surface area (Å²) >= 11 is 0. The van der Waals surface area contributed by atoms with Crippen molar-refractivity contribution >= 4 is 28.8 Å². The van der Waals surface area contributed by atoms with Gasteiger partial charge in [-0.25, -0.2) is 4.98 Å². The van der Waals surface area contributed by atoms with Crippen LogP contribution in [0.15, 0.2) is 90.9 Å². The van der Waals surface area contributed by atoms with Crippen molar-refractivity contribution in [2.75, 3.05) is 17.2 Å². The molecule has 3 N–H and O–H groups in total. The van der Waals surface area contributed by atoms with Crippen LogP contribution in [0.2, 0.25) is 0 Å². The van der Waals surface area contributed by atoms with Gasteiger partial charge < -0.3 is 20.7 Å². The van der Waals surface area contributed by atoms with Crippen LogP contribution in [-0.2, 0) is 4.79 Å². The quantitative estimate of drug-likeness (QED) is 0.218. The van der Waals surface area contributed by atoms with Gasteiger partial charge in [-0.3, -0.25) is 14.6 Å². The molecule has 1 fully saturated rings. The Hall–Kier alpha value is -4.98. The molecule has 1 aliphatic carbocycles. The van der Waals surface area contributed by atoms with E-state index in [1.165, 1.54) is 6.20 Å². The minimum Gasteiger partial charge on any atom is -0.456 e. The Bertz CT molecular complexity index is 1630. The van der Waals surface area contributed by atoms with E-state index >= 15 is 0 Å². The first-order valence-corrected chi connectivity index (χ1v) is 14.4. The molecule has 0 radical (unpaired) electrons. The number of anilines is 2. The lowest BCUT2D eigenvalue weighted by molar-refractivity contribution is -0.111. The molecule has 0 unspecified atom stereocenters. The summed E-state index contributed by atoms with van der Waals surface area (Å²) < 4.78 is 5.99. The van der Waals surface area contributed by atoms with Crippen LogP contribution in [-0.4, -0.2) is 34.4 Å². The number of ether oxygens (including phenoxy) is 1. The zero-order valence-electron chi connectivity index (χ0n) is 23.5. The molecule has 3 heterocycles. The topological polar surface area (TPSA) is 105 Å². The van der Waals surface area contributed by atoms with E-state index in [0.29, 0.717) is 29.2 Å². The van der Waals surface area contributed by atoms with Crippen LogP contribution >= 0.6 is 0 Å². The van der Waals surface area contributed by atoms with Crippen molar-refractivity contribution in [2.45, 2.75) is 45.1 Å². The molecule has 1 aliphatic heterocycles. The molecule has 0 atom stereocenters. The van der Waals surface area contributed by atoms with E-state index < -0.39 is 0 Å². The fourth-order valence-corrected chi connectivity index (χ4v) is 5.53. The predicted molar refractivity (Wildman–Crippen MR) is 164 cm³/mol. The first-order chi connectivity index (χ1) is 20.6. The van der Waals surface area contributed by atoms with Crippen molar-refractivity contribution in [3.63, 3.8) is 0 Å². The van der Waals surface area contributed by atoms with Crippen LogP contribution in [0.3, 0.4) is 0 Å². The number of rotatable bonds is 8. The van der Waals surface area contributed by atoms with Crippen LogP contribution in [0.4, 0.5) is 11.4 Å². The third-order valence-corrected chi connectivity index (χ3v) is 7.76. The van der Waals surface area contributed by atoms with Crippen LogP contribution < -0.4 is 20.7 Å². The molecule has 8 heteroatoms. The standard InChI is InChI=1S/C34H33N5O3/c1-2-22-19-36-30-14-12-23(24-16-28(21-35-18-24)42-27-10-4-3-5-11-27)17-29(30)32(22)34(41)39-26-13-15-31(37-20-26)33(40)38-25-8-6-7-9-25/h3-5,10-18,20-21,25,36H,2,6-9,19H2,1H3,(H,38,40)(H,39,41). The van der Waals surface area contributed by atoms with Gasteiger partial charge in [0.1, 0.15) is 17.2 Å². The summed E-state index contributed by atoms with van der Waals surface area (Å²) in [4.78, 5) is 35.0. The monoisotopic (exact) mass is 559 g/mol. The second-order valence-corrected chi connectivity index (χ2v) is 10.6. The van der Waals surface area contributed by atoms with Crippen molar-refractivity contribution in [3.8, 4) is 22.6 Å². The van der Waals surface area contributed by atoms with E-state index in [-0.39, 0.29) is 17.9 Å². The summed E-state index contributed by atoms with van der Waals surface area (Å²) in [5, 5.41) is 9.50. The maximum absolute atomic E-state index is 13.7. The molecule has 212 valence electrons. The zero-order chi connectivity index (χ0) is 28.9. The van der Waals surface area contributed by atoms with Crippen LogP contribution in [0.1, 0.15) is 55.1 Å². The number of pyridine rings is 2. The molecule has 4 aromatic rings. The van der Waals surface area contributed by atoms with Crippen LogP contribution in [0.25, 0.3) is 16.7 Å². The van der Waals surface area contributed by atoms with Gasteiger partial charge in [0.15, 0.2) is 0 Å². The fourth-order valence-electron chi connectivity index (χ4n) is 5.53. The number of hydrogen-bond donors (Lipinski definition) is 3. The largest absolute Gasteiger partial charge is 0.456 e. The molecule has 8 nitrogen and oxygen atoms in total. The molecule has 0 bridgehead atoms. The van der Waals surface area contributed by atoms with E-state index in [1.807, 2.05) is 61.5 Å².